The van der Waals surface area contributed by atoms with Crippen molar-refractivity contribution in [2.75, 3.05) is 19.7 Å². The standard InChI is InChI=1S/C17H25N3O.HI/c1-13-5-2-3-7-15(13)17(8-9-17)12-20-16(18)19-11-14-6-4-10-21-14;/h2-3,5,7,14H,4,6,8-12H2,1H3,(H3,18,19,20);1H. The molecule has 1 unspecified atom stereocenters. The Kier molecular flexibility index (Phi) is 6.09. The van der Waals surface area contributed by atoms with E-state index >= 15 is 0 Å². The maximum atomic E-state index is 5.99. The smallest absolute Gasteiger partial charge is 0.188 e. The number of hydrogen-bond acceptors (Lipinski definition) is 2. The minimum Gasteiger partial charge on any atom is -0.376 e. The van der Waals surface area contributed by atoms with Gasteiger partial charge in [-0.3, -0.25) is 4.99 Å². The van der Waals surface area contributed by atoms with E-state index in [1.165, 1.54) is 24.0 Å². The molecule has 1 aliphatic heterocycles. The third-order valence-corrected chi connectivity index (χ3v) is 4.66. The average molecular weight is 415 g/mol. The molecule has 1 aromatic rings. The van der Waals surface area contributed by atoms with Crippen LogP contribution in [0.3, 0.4) is 0 Å². The molecule has 0 spiro atoms. The normalized spacial score (nSPS) is 23.0. The van der Waals surface area contributed by atoms with E-state index in [2.05, 4.69) is 41.5 Å². The quantitative estimate of drug-likeness (QED) is 0.442. The zero-order valence-corrected chi connectivity index (χ0v) is 15.5. The van der Waals surface area contributed by atoms with Crippen molar-refractivity contribution in [1.29, 1.82) is 0 Å². The number of nitrogens with zero attached hydrogens (tertiary/aromatic N) is 1. The van der Waals surface area contributed by atoms with Gasteiger partial charge in [0.15, 0.2) is 5.96 Å². The van der Waals surface area contributed by atoms with E-state index in [9.17, 15) is 0 Å². The lowest BCUT2D eigenvalue weighted by Crippen LogP contribution is -2.37. The Balaban J connectivity index is 0.00000176. The highest BCUT2D eigenvalue weighted by atomic mass is 127. The molecule has 3 rings (SSSR count). The van der Waals surface area contributed by atoms with E-state index in [1.807, 2.05) is 0 Å². The van der Waals surface area contributed by atoms with Gasteiger partial charge < -0.3 is 15.8 Å². The first kappa shape index (κ1) is 17.5. The van der Waals surface area contributed by atoms with E-state index in [-0.39, 0.29) is 29.4 Å². The van der Waals surface area contributed by atoms with Crippen LogP contribution in [0.2, 0.25) is 0 Å². The molecule has 0 bridgehead atoms. The van der Waals surface area contributed by atoms with Gasteiger partial charge in [0.05, 0.1) is 12.6 Å². The molecule has 22 heavy (non-hydrogen) atoms. The lowest BCUT2D eigenvalue weighted by atomic mass is 9.92. The number of ether oxygens (including phenoxy) is 1. The lowest BCUT2D eigenvalue weighted by molar-refractivity contribution is 0.114. The average Bonchev–Trinajstić information content (AvgIpc) is 3.09. The Hall–Kier alpha value is -0.820. The van der Waals surface area contributed by atoms with Crippen molar-refractivity contribution in [3.8, 4) is 0 Å². The fraction of sp³-hybridized carbons (Fsp3) is 0.588. The first-order valence-electron chi connectivity index (χ1n) is 7.91. The summed E-state index contributed by atoms with van der Waals surface area (Å²) in [6.45, 7) is 4.60. The summed E-state index contributed by atoms with van der Waals surface area (Å²) in [5, 5.41) is 3.19. The van der Waals surface area contributed by atoms with Crippen molar-refractivity contribution >= 4 is 29.9 Å². The van der Waals surface area contributed by atoms with Gasteiger partial charge in [-0.2, -0.15) is 0 Å². The van der Waals surface area contributed by atoms with Gasteiger partial charge in [-0.15, -0.1) is 24.0 Å². The van der Waals surface area contributed by atoms with Gasteiger partial charge in [-0.1, -0.05) is 24.3 Å². The Morgan fingerprint density at radius 2 is 2.18 bits per heavy atom. The summed E-state index contributed by atoms with van der Waals surface area (Å²) >= 11 is 0. The van der Waals surface area contributed by atoms with E-state index in [0.29, 0.717) is 12.1 Å². The second-order valence-electron chi connectivity index (χ2n) is 6.31. The highest BCUT2D eigenvalue weighted by molar-refractivity contribution is 14.0. The number of nitrogens with one attached hydrogen (secondary N) is 1. The van der Waals surface area contributed by atoms with Crippen LogP contribution in [0.5, 0.6) is 0 Å². The van der Waals surface area contributed by atoms with Gasteiger partial charge in [0.2, 0.25) is 0 Å². The predicted molar refractivity (Wildman–Crippen MR) is 101 cm³/mol. The number of benzene rings is 1. The Bertz CT molecular complexity index is 522. The summed E-state index contributed by atoms with van der Waals surface area (Å²) in [4.78, 5) is 4.56. The second-order valence-corrected chi connectivity index (χ2v) is 6.31. The summed E-state index contributed by atoms with van der Waals surface area (Å²) in [5.74, 6) is 0.547. The Morgan fingerprint density at radius 1 is 1.41 bits per heavy atom. The minimum absolute atomic E-state index is 0. The van der Waals surface area contributed by atoms with Crippen molar-refractivity contribution in [2.24, 2.45) is 10.7 Å². The van der Waals surface area contributed by atoms with Crippen LogP contribution in [0.4, 0.5) is 0 Å². The van der Waals surface area contributed by atoms with E-state index in [1.54, 1.807) is 0 Å². The zero-order valence-electron chi connectivity index (χ0n) is 13.2. The molecule has 0 aromatic heterocycles. The highest BCUT2D eigenvalue weighted by Gasteiger charge is 2.44. The fourth-order valence-electron chi connectivity index (χ4n) is 3.15. The molecule has 1 saturated carbocycles. The van der Waals surface area contributed by atoms with E-state index < -0.39 is 0 Å². The summed E-state index contributed by atoms with van der Waals surface area (Å²) in [6, 6.07) is 8.62. The van der Waals surface area contributed by atoms with Gasteiger partial charge in [0, 0.05) is 18.6 Å². The van der Waals surface area contributed by atoms with Crippen molar-refractivity contribution in [3.05, 3.63) is 35.4 Å². The number of aliphatic imine (C=N–C) groups is 1. The number of aryl methyl sites for hydroxylation is 1. The number of halogens is 1. The number of guanidine groups is 1. The van der Waals surface area contributed by atoms with Crippen molar-refractivity contribution in [2.45, 2.75) is 44.1 Å². The van der Waals surface area contributed by atoms with E-state index in [0.717, 1.165) is 32.5 Å². The molecule has 1 saturated heterocycles. The molecule has 122 valence electrons. The monoisotopic (exact) mass is 415 g/mol. The first-order valence-corrected chi connectivity index (χ1v) is 7.91. The van der Waals surface area contributed by atoms with Gasteiger partial charge in [0.25, 0.3) is 0 Å². The number of rotatable bonds is 5. The van der Waals surface area contributed by atoms with Crippen LogP contribution in [0, 0.1) is 6.92 Å². The fourth-order valence-corrected chi connectivity index (χ4v) is 3.15. The topological polar surface area (TPSA) is 59.6 Å². The van der Waals surface area contributed by atoms with Gasteiger partial charge in [-0.25, -0.2) is 0 Å². The third-order valence-electron chi connectivity index (χ3n) is 4.66. The van der Waals surface area contributed by atoms with Crippen LogP contribution < -0.4 is 11.1 Å². The molecule has 4 nitrogen and oxygen atoms in total. The zero-order chi connectivity index (χ0) is 14.7. The van der Waals surface area contributed by atoms with Crippen molar-refractivity contribution in [3.63, 3.8) is 0 Å². The maximum Gasteiger partial charge on any atom is 0.188 e. The molecule has 1 heterocycles. The summed E-state index contributed by atoms with van der Waals surface area (Å²) in [5.41, 5.74) is 9.00. The summed E-state index contributed by atoms with van der Waals surface area (Å²) < 4.78 is 5.57. The van der Waals surface area contributed by atoms with Crippen LogP contribution in [0.15, 0.2) is 29.3 Å². The largest absolute Gasteiger partial charge is 0.376 e. The minimum atomic E-state index is 0. The molecule has 0 amide bonds. The molecule has 1 aliphatic carbocycles. The van der Waals surface area contributed by atoms with Crippen LogP contribution in [0.1, 0.15) is 36.8 Å². The highest BCUT2D eigenvalue weighted by Crippen LogP contribution is 2.49. The molecule has 2 fully saturated rings. The first-order chi connectivity index (χ1) is 10.2. The van der Waals surface area contributed by atoms with Crippen LogP contribution >= 0.6 is 24.0 Å². The second kappa shape index (κ2) is 7.64. The van der Waals surface area contributed by atoms with Gasteiger partial charge in [0.1, 0.15) is 0 Å². The molecule has 0 radical (unpaired) electrons. The third kappa shape index (κ3) is 4.13. The molecule has 2 aliphatic rings. The molecule has 5 heteroatoms. The SMILES string of the molecule is Cc1ccccc1C1(CN=C(N)NCC2CCCO2)CC1.I. The van der Waals surface area contributed by atoms with Gasteiger partial charge >= 0.3 is 0 Å². The lowest BCUT2D eigenvalue weighted by Gasteiger charge is -2.17. The van der Waals surface area contributed by atoms with Crippen LogP contribution in [-0.2, 0) is 10.2 Å². The van der Waals surface area contributed by atoms with Crippen LogP contribution in [0.25, 0.3) is 0 Å². The Labute approximate surface area is 149 Å². The van der Waals surface area contributed by atoms with Crippen molar-refractivity contribution in [1.82, 2.24) is 5.32 Å². The molecular formula is C17H26IN3O. The van der Waals surface area contributed by atoms with Gasteiger partial charge in [-0.05, 0) is 43.7 Å². The van der Waals surface area contributed by atoms with Crippen LogP contribution in [-0.4, -0.2) is 31.8 Å². The predicted octanol–water partition coefficient (Wildman–Crippen LogP) is 2.73. The molecular weight excluding hydrogens is 389 g/mol. The molecule has 1 atom stereocenters. The van der Waals surface area contributed by atoms with E-state index in [4.69, 9.17) is 10.5 Å². The maximum absolute atomic E-state index is 5.99. The number of nitrogens with two attached hydrogens (primary N) is 1. The summed E-state index contributed by atoms with van der Waals surface area (Å²) in [7, 11) is 0. The Morgan fingerprint density at radius 3 is 2.82 bits per heavy atom. The van der Waals surface area contributed by atoms with Crippen molar-refractivity contribution < 1.29 is 4.74 Å². The molecule has 3 N–H and O–H groups in total. The summed E-state index contributed by atoms with van der Waals surface area (Å²) in [6.07, 6.45) is 4.98. The molecule has 1 aromatic carbocycles. The number of hydrogen-bond donors (Lipinski definition) is 2.